The second-order valence-corrected chi connectivity index (χ2v) is 8.37. The zero-order valence-corrected chi connectivity index (χ0v) is 19.9. The van der Waals surface area contributed by atoms with Gasteiger partial charge >= 0.3 is 6.18 Å². The molecule has 4 aromatic rings. The van der Waals surface area contributed by atoms with Crippen molar-refractivity contribution in [2.45, 2.75) is 12.7 Å². The Morgan fingerprint density at radius 2 is 1.86 bits per heavy atom. The third kappa shape index (κ3) is 5.52. The fourth-order valence-corrected chi connectivity index (χ4v) is 3.75. The summed E-state index contributed by atoms with van der Waals surface area (Å²) >= 11 is 12.0. The average molecular weight is 538 g/mol. The molecule has 2 aromatic heterocycles. The van der Waals surface area contributed by atoms with Gasteiger partial charge in [-0.1, -0.05) is 35.3 Å². The second kappa shape index (κ2) is 10.0. The van der Waals surface area contributed by atoms with E-state index in [1.54, 1.807) is 31.3 Å². The quantitative estimate of drug-likeness (QED) is 0.350. The highest BCUT2D eigenvalue weighted by Crippen LogP contribution is 2.35. The number of hydrogen-bond acceptors (Lipinski definition) is 6. The summed E-state index contributed by atoms with van der Waals surface area (Å²) in [6.45, 7) is -0.304. The first-order valence-corrected chi connectivity index (χ1v) is 11.0. The van der Waals surface area contributed by atoms with Gasteiger partial charge in [-0.15, -0.1) is 0 Å². The molecule has 186 valence electrons. The second-order valence-electron chi connectivity index (χ2n) is 7.49. The summed E-state index contributed by atoms with van der Waals surface area (Å²) in [7, 11) is 1.59. The lowest BCUT2D eigenvalue weighted by molar-refractivity contribution is -0.142. The van der Waals surface area contributed by atoms with Crippen LogP contribution in [0.15, 0.2) is 64.4 Å². The maximum Gasteiger partial charge on any atom is 0.437 e. The normalized spacial score (nSPS) is 11.4. The maximum atomic E-state index is 13.6. The molecule has 0 radical (unpaired) electrons. The van der Waals surface area contributed by atoms with Crippen LogP contribution in [0, 0.1) is 0 Å². The molecule has 2 N–H and O–H groups in total. The lowest BCUT2D eigenvalue weighted by Gasteiger charge is -2.15. The first kappa shape index (κ1) is 25.3. The van der Waals surface area contributed by atoms with Gasteiger partial charge in [0.1, 0.15) is 5.75 Å². The van der Waals surface area contributed by atoms with Crippen LogP contribution in [-0.4, -0.2) is 26.8 Å². The number of halogens is 5. The predicted molar refractivity (Wildman–Crippen MR) is 129 cm³/mol. The third-order valence-electron chi connectivity index (χ3n) is 4.97. The van der Waals surface area contributed by atoms with Gasteiger partial charge in [0.25, 0.3) is 11.1 Å². The predicted octanol–water partition coefficient (Wildman–Crippen LogP) is 5.20. The Labute approximate surface area is 211 Å². The first-order chi connectivity index (χ1) is 17.0. The molecule has 36 heavy (non-hydrogen) atoms. The van der Waals surface area contributed by atoms with E-state index in [2.05, 4.69) is 20.5 Å². The Kier molecular flexibility index (Phi) is 7.04. The van der Waals surface area contributed by atoms with E-state index in [9.17, 15) is 22.8 Å². The van der Waals surface area contributed by atoms with Crippen molar-refractivity contribution >= 4 is 28.9 Å². The molecule has 0 spiro atoms. The van der Waals surface area contributed by atoms with Gasteiger partial charge in [-0.2, -0.15) is 18.3 Å². The number of anilines is 1. The van der Waals surface area contributed by atoms with Gasteiger partial charge in [-0.05, 0) is 35.9 Å². The van der Waals surface area contributed by atoms with Crippen LogP contribution >= 0.6 is 23.2 Å². The van der Waals surface area contributed by atoms with Crippen LogP contribution in [0.2, 0.25) is 10.0 Å². The van der Waals surface area contributed by atoms with Crippen LogP contribution in [0.5, 0.6) is 11.5 Å². The minimum Gasteiger partial charge on any atom is -0.449 e. The molecule has 0 saturated heterocycles. The molecule has 13 heteroatoms. The smallest absolute Gasteiger partial charge is 0.437 e. The number of alkyl halides is 3. The molecular formula is C23H16Cl2F3N5O3. The number of nitrogens with zero attached hydrogens (tertiary/aromatic N) is 3. The third-order valence-corrected chi connectivity index (χ3v) is 5.42. The van der Waals surface area contributed by atoms with Crippen molar-refractivity contribution in [3.05, 3.63) is 97.0 Å². The number of hydrogen-bond donors (Lipinski definition) is 2. The molecule has 0 atom stereocenters. The van der Waals surface area contributed by atoms with Gasteiger partial charge in [-0.3, -0.25) is 14.2 Å². The SMILES string of the molecule is CNc1cc(Cl)cc(Oc2c(C(F)(F)F)ncn(Cc3cc(-c4cccc(Cl)c4)c(=O)[nH]n3)c2=O)c1. The summed E-state index contributed by atoms with van der Waals surface area (Å²) in [6.07, 6.45) is -4.23. The van der Waals surface area contributed by atoms with E-state index in [1.165, 1.54) is 24.3 Å². The highest BCUT2D eigenvalue weighted by molar-refractivity contribution is 6.31. The minimum atomic E-state index is -4.96. The van der Waals surface area contributed by atoms with Gasteiger partial charge in [-0.25, -0.2) is 10.1 Å². The number of rotatable bonds is 6. The molecule has 0 aliphatic rings. The first-order valence-electron chi connectivity index (χ1n) is 10.2. The molecule has 8 nitrogen and oxygen atoms in total. The number of aromatic nitrogens is 4. The van der Waals surface area contributed by atoms with E-state index in [0.717, 1.165) is 10.9 Å². The maximum absolute atomic E-state index is 13.6. The molecule has 2 aromatic carbocycles. The molecule has 0 aliphatic heterocycles. The molecule has 2 heterocycles. The summed E-state index contributed by atoms with van der Waals surface area (Å²) < 4.78 is 47.2. The van der Waals surface area contributed by atoms with E-state index in [-0.39, 0.29) is 28.6 Å². The van der Waals surface area contributed by atoms with Gasteiger partial charge in [0.05, 0.1) is 24.1 Å². The summed E-state index contributed by atoms with van der Waals surface area (Å²) in [5, 5.41) is 9.59. The molecule has 0 saturated carbocycles. The van der Waals surface area contributed by atoms with Gasteiger partial charge in [0.15, 0.2) is 5.69 Å². The summed E-state index contributed by atoms with van der Waals surface area (Å²) in [5.74, 6) is -1.13. The van der Waals surface area contributed by atoms with Crippen LogP contribution in [-0.2, 0) is 12.7 Å². The van der Waals surface area contributed by atoms with Crippen molar-refractivity contribution < 1.29 is 17.9 Å². The molecule has 0 unspecified atom stereocenters. The highest BCUT2D eigenvalue weighted by Gasteiger charge is 2.38. The van der Waals surface area contributed by atoms with Crippen molar-refractivity contribution in [1.82, 2.24) is 19.7 Å². The lowest BCUT2D eigenvalue weighted by Crippen LogP contribution is -2.27. The van der Waals surface area contributed by atoms with E-state index in [1.807, 2.05) is 0 Å². The summed E-state index contributed by atoms with van der Waals surface area (Å²) in [5.41, 5.74) is -1.77. The standard InChI is InChI=1S/C23H16Cl2F3N5O3/c1-29-15-6-14(25)7-17(8-15)36-19-20(23(26,27)28)30-11-33(22(19)35)10-16-9-18(21(34)32-31-16)12-3-2-4-13(24)5-12/h2-9,11,29H,10H2,1H3,(H,32,34). The molecule has 4 rings (SSSR count). The van der Waals surface area contributed by atoms with Crippen LogP contribution in [0.4, 0.5) is 18.9 Å². The minimum absolute atomic E-state index is 0.0978. The van der Waals surface area contributed by atoms with E-state index in [4.69, 9.17) is 27.9 Å². The Morgan fingerprint density at radius 1 is 1.08 bits per heavy atom. The lowest BCUT2D eigenvalue weighted by atomic mass is 10.1. The fraction of sp³-hybridized carbons (Fsp3) is 0.130. The average Bonchev–Trinajstić information content (AvgIpc) is 2.81. The number of nitrogens with one attached hydrogen (secondary N) is 2. The number of aromatic amines is 1. The Morgan fingerprint density at radius 3 is 2.56 bits per heavy atom. The van der Waals surface area contributed by atoms with Crippen LogP contribution < -0.4 is 21.2 Å². The van der Waals surface area contributed by atoms with Crippen LogP contribution in [0.3, 0.4) is 0 Å². The summed E-state index contributed by atoms with van der Waals surface area (Å²) in [4.78, 5) is 28.8. The zero-order chi connectivity index (χ0) is 26.0. The van der Waals surface area contributed by atoms with E-state index < -0.39 is 28.7 Å². The van der Waals surface area contributed by atoms with Crippen LogP contribution in [0.1, 0.15) is 11.4 Å². The Balaban J connectivity index is 1.76. The van der Waals surface area contributed by atoms with Gasteiger partial charge in [0.2, 0.25) is 5.75 Å². The molecular weight excluding hydrogens is 522 g/mol. The Bertz CT molecular complexity index is 1550. The Hall–Kier alpha value is -3.83. The topological polar surface area (TPSA) is 102 Å². The van der Waals surface area contributed by atoms with Crippen LogP contribution in [0.25, 0.3) is 11.1 Å². The molecule has 0 fully saturated rings. The van der Waals surface area contributed by atoms with E-state index >= 15 is 0 Å². The molecule has 0 aliphatic carbocycles. The monoisotopic (exact) mass is 537 g/mol. The largest absolute Gasteiger partial charge is 0.449 e. The number of benzene rings is 2. The van der Waals surface area contributed by atoms with Crippen molar-refractivity contribution in [2.75, 3.05) is 12.4 Å². The van der Waals surface area contributed by atoms with Crippen molar-refractivity contribution in [2.24, 2.45) is 0 Å². The van der Waals surface area contributed by atoms with Crippen molar-refractivity contribution in [1.29, 1.82) is 0 Å². The van der Waals surface area contributed by atoms with E-state index in [0.29, 0.717) is 16.3 Å². The summed E-state index contributed by atoms with van der Waals surface area (Å²) in [6, 6.07) is 12.1. The highest BCUT2D eigenvalue weighted by atomic mass is 35.5. The zero-order valence-electron chi connectivity index (χ0n) is 18.4. The van der Waals surface area contributed by atoms with Gasteiger partial charge < -0.3 is 10.1 Å². The number of ether oxygens (including phenoxy) is 1. The molecule has 0 bridgehead atoms. The van der Waals surface area contributed by atoms with Crippen molar-refractivity contribution in [3.63, 3.8) is 0 Å². The fourth-order valence-electron chi connectivity index (χ4n) is 3.33. The number of H-pyrrole nitrogens is 1. The van der Waals surface area contributed by atoms with Gasteiger partial charge in [0, 0.05) is 28.8 Å². The molecule has 0 amide bonds. The van der Waals surface area contributed by atoms with Crippen molar-refractivity contribution in [3.8, 4) is 22.6 Å².